The number of carbonyl (C=O) groups excluding carboxylic acids is 1. The molecule has 0 saturated heterocycles. The van der Waals surface area contributed by atoms with Gasteiger partial charge in [0.25, 0.3) is 0 Å². The Kier molecular flexibility index (Phi) is 4.31. The second-order valence-electron chi connectivity index (χ2n) is 6.68. The fourth-order valence-corrected chi connectivity index (χ4v) is 3.42. The van der Waals surface area contributed by atoms with Crippen LogP contribution in [0.3, 0.4) is 0 Å². The van der Waals surface area contributed by atoms with Gasteiger partial charge < -0.3 is 10.3 Å². The third kappa shape index (κ3) is 3.02. The molecule has 0 radical (unpaired) electrons. The number of amides is 1. The summed E-state index contributed by atoms with van der Waals surface area (Å²) in [5.74, 6) is 0.596. The zero-order valence-electron chi connectivity index (χ0n) is 14.7. The highest BCUT2D eigenvalue weighted by molar-refractivity contribution is 5.79. The highest BCUT2D eigenvalue weighted by atomic mass is 16.5. The van der Waals surface area contributed by atoms with Crippen LogP contribution in [0.1, 0.15) is 18.2 Å². The largest absolute Gasteiger partial charge is 0.368 e. The van der Waals surface area contributed by atoms with Crippen LogP contribution in [0.15, 0.2) is 59.1 Å². The first-order valence-electron chi connectivity index (χ1n) is 8.80. The molecule has 26 heavy (non-hydrogen) atoms. The Balaban J connectivity index is 1.62. The van der Waals surface area contributed by atoms with E-state index in [4.69, 9.17) is 10.3 Å². The van der Waals surface area contributed by atoms with Crippen LogP contribution in [0, 0.1) is 0 Å². The molecule has 5 heteroatoms. The average molecular weight is 347 g/mol. The average Bonchev–Trinajstić information content (AvgIpc) is 3.11. The van der Waals surface area contributed by atoms with Gasteiger partial charge in [0.1, 0.15) is 11.5 Å². The third-order valence-corrected chi connectivity index (χ3v) is 5.08. The van der Waals surface area contributed by atoms with Crippen molar-refractivity contribution in [3.8, 4) is 22.4 Å². The normalized spacial score (nSPS) is 15.4. The molecule has 2 aromatic carbocycles. The standard InChI is InChI=1S/C21H21N3O2/c1-14(21(22)25)24-12-11-19-18(13-24)20(23-26-19)17-9-7-16(8-10-17)15-5-3-2-4-6-15/h2-10,14H,11-13H2,1H3,(H2,22,25). The Labute approximate surface area is 152 Å². The monoisotopic (exact) mass is 347 g/mol. The number of nitrogens with two attached hydrogens (primary N) is 1. The molecule has 4 rings (SSSR count). The molecule has 1 aliphatic rings. The highest BCUT2D eigenvalue weighted by Gasteiger charge is 2.29. The maximum atomic E-state index is 11.5. The smallest absolute Gasteiger partial charge is 0.234 e. The lowest BCUT2D eigenvalue weighted by molar-refractivity contribution is -0.123. The maximum absolute atomic E-state index is 11.5. The van der Waals surface area contributed by atoms with Crippen molar-refractivity contribution in [1.29, 1.82) is 0 Å². The van der Waals surface area contributed by atoms with Gasteiger partial charge in [-0.25, -0.2) is 0 Å². The van der Waals surface area contributed by atoms with Crippen molar-refractivity contribution in [2.45, 2.75) is 25.9 Å². The lowest BCUT2D eigenvalue weighted by Gasteiger charge is -2.29. The van der Waals surface area contributed by atoms with Crippen molar-refractivity contribution in [2.24, 2.45) is 5.73 Å². The predicted octanol–water partition coefficient (Wildman–Crippen LogP) is 3.24. The molecule has 2 N–H and O–H groups in total. The third-order valence-electron chi connectivity index (χ3n) is 5.08. The van der Waals surface area contributed by atoms with Crippen molar-refractivity contribution in [2.75, 3.05) is 6.54 Å². The number of primary amides is 1. The Morgan fingerprint density at radius 1 is 1.08 bits per heavy atom. The summed E-state index contributed by atoms with van der Waals surface area (Å²) in [7, 11) is 0. The second kappa shape index (κ2) is 6.77. The Hall–Kier alpha value is -2.92. The van der Waals surface area contributed by atoms with Gasteiger partial charge in [0.15, 0.2) is 0 Å². The van der Waals surface area contributed by atoms with E-state index < -0.39 is 0 Å². The summed E-state index contributed by atoms with van der Waals surface area (Å²) in [5.41, 5.74) is 10.7. The minimum atomic E-state index is -0.307. The van der Waals surface area contributed by atoms with E-state index in [-0.39, 0.29) is 11.9 Å². The predicted molar refractivity (Wildman–Crippen MR) is 100 cm³/mol. The first-order chi connectivity index (χ1) is 12.6. The van der Waals surface area contributed by atoms with Crippen LogP contribution in [0.25, 0.3) is 22.4 Å². The van der Waals surface area contributed by atoms with Crippen molar-refractivity contribution in [3.05, 3.63) is 65.9 Å². The van der Waals surface area contributed by atoms with Crippen LogP contribution < -0.4 is 5.73 Å². The van der Waals surface area contributed by atoms with E-state index in [1.165, 1.54) is 5.56 Å². The zero-order chi connectivity index (χ0) is 18.1. The first-order valence-corrected chi connectivity index (χ1v) is 8.80. The van der Waals surface area contributed by atoms with Crippen LogP contribution in [0.4, 0.5) is 0 Å². The lowest BCUT2D eigenvalue weighted by atomic mass is 9.98. The van der Waals surface area contributed by atoms with Gasteiger partial charge in [0.05, 0.1) is 6.04 Å². The Morgan fingerprint density at radius 2 is 1.73 bits per heavy atom. The SMILES string of the molecule is CC(C(N)=O)N1CCc2onc(-c3ccc(-c4ccccc4)cc3)c2C1. The van der Waals surface area contributed by atoms with Crippen LogP contribution >= 0.6 is 0 Å². The molecule has 3 aromatic rings. The van der Waals surface area contributed by atoms with Gasteiger partial charge >= 0.3 is 0 Å². The van der Waals surface area contributed by atoms with Crippen molar-refractivity contribution >= 4 is 5.91 Å². The lowest BCUT2D eigenvalue weighted by Crippen LogP contribution is -2.44. The van der Waals surface area contributed by atoms with Gasteiger partial charge in [-0.2, -0.15) is 0 Å². The van der Waals surface area contributed by atoms with Gasteiger partial charge in [0, 0.05) is 30.6 Å². The molecule has 0 saturated carbocycles. The molecule has 1 aliphatic heterocycles. The molecule has 1 unspecified atom stereocenters. The first kappa shape index (κ1) is 16.5. The topological polar surface area (TPSA) is 72.4 Å². The van der Waals surface area contributed by atoms with E-state index in [9.17, 15) is 4.79 Å². The van der Waals surface area contributed by atoms with Crippen LogP contribution in [0.2, 0.25) is 0 Å². The number of hydrogen-bond donors (Lipinski definition) is 1. The fourth-order valence-electron chi connectivity index (χ4n) is 3.42. The second-order valence-corrected chi connectivity index (χ2v) is 6.68. The molecule has 0 aliphatic carbocycles. The maximum Gasteiger partial charge on any atom is 0.234 e. The van der Waals surface area contributed by atoms with Gasteiger partial charge in [-0.3, -0.25) is 9.69 Å². The number of carbonyl (C=O) groups is 1. The van der Waals surface area contributed by atoms with Crippen molar-refractivity contribution < 1.29 is 9.32 Å². The Bertz CT molecular complexity index is 916. The number of rotatable bonds is 4. The number of fused-ring (bicyclic) bond motifs is 1. The Morgan fingerprint density at radius 3 is 2.42 bits per heavy atom. The number of nitrogens with zero attached hydrogens (tertiary/aromatic N) is 2. The van der Waals surface area contributed by atoms with E-state index in [1.54, 1.807) is 0 Å². The van der Waals surface area contributed by atoms with E-state index >= 15 is 0 Å². The fraction of sp³-hybridized carbons (Fsp3) is 0.238. The van der Waals surface area contributed by atoms with Gasteiger partial charge in [-0.05, 0) is 18.1 Å². The summed E-state index contributed by atoms with van der Waals surface area (Å²) < 4.78 is 5.55. The summed E-state index contributed by atoms with van der Waals surface area (Å²) in [6, 6.07) is 18.3. The molecular weight excluding hydrogens is 326 g/mol. The highest BCUT2D eigenvalue weighted by Crippen LogP contribution is 2.32. The van der Waals surface area contributed by atoms with E-state index in [2.05, 4.69) is 46.5 Å². The zero-order valence-corrected chi connectivity index (χ0v) is 14.7. The van der Waals surface area contributed by atoms with Gasteiger partial charge in [0.2, 0.25) is 5.91 Å². The van der Waals surface area contributed by atoms with Crippen molar-refractivity contribution in [1.82, 2.24) is 10.1 Å². The molecule has 0 bridgehead atoms. The minimum absolute atomic E-state index is 0.300. The van der Waals surface area contributed by atoms with E-state index in [0.29, 0.717) is 6.54 Å². The van der Waals surface area contributed by atoms with Crippen molar-refractivity contribution in [3.63, 3.8) is 0 Å². The molecule has 5 nitrogen and oxygen atoms in total. The quantitative estimate of drug-likeness (QED) is 0.786. The number of aromatic nitrogens is 1. The summed E-state index contributed by atoms with van der Waals surface area (Å²) in [5, 5.41) is 4.29. The summed E-state index contributed by atoms with van der Waals surface area (Å²) in [4.78, 5) is 13.6. The molecule has 0 spiro atoms. The van der Waals surface area contributed by atoms with Crippen LogP contribution in [-0.4, -0.2) is 28.6 Å². The van der Waals surface area contributed by atoms with E-state index in [0.717, 1.165) is 41.1 Å². The van der Waals surface area contributed by atoms with Crippen LogP contribution in [0.5, 0.6) is 0 Å². The molecule has 1 atom stereocenters. The summed E-state index contributed by atoms with van der Waals surface area (Å²) in [6.07, 6.45) is 0.738. The van der Waals surface area contributed by atoms with Crippen LogP contribution in [-0.2, 0) is 17.8 Å². The summed E-state index contributed by atoms with van der Waals surface area (Å²) in [6.45, 7) is 3.21. The minimum Gasteiger partial charge on any atom is -0.368 e. The molecular formula is C21H21N3O2. The number of hydrogen-bond acceptors (Lipinski definition) is 4. The molecule has 132 valence electrons. The molecule has 1 aromatic heterocycles. The van der Waals surface area contributed by atoms with Gasteiger partial charge in [-0.15, -0.1) is 0 Å². The molecule has 0 fully saturated rings. The summed E-state index contributed by atoms with van der Waals surface area (Å²) >= 11 is 0. The molecule has 2 heterocycles. The van der Waals surface area contributed by atoms with Gasteiger partial charge in [-0.1, -0.05) is 59.8 Å². The molecule has 1 amide bonds. The van der Waals surface area contributed by atoms with E-state index in [1.807, 2.05) is 25.1 Å². The number of benzene rings is 2.